The van der Waals surface area contributed by atoms with Crippen LogP contribution >= 0.6 is 0 Å². The number of hydrogen-bond donors (Lipinski definition) is 0. The maximum absolute atomic E-state index is 13.1. The van der Waals surface area contributed by atoms with E-state index in [1.165, 1.54) is 6.08 Å². The van der Waals surface area contributed by atoms with Crippen molar-refractivity contribution >= 4 is 11.8 Å². The molecule has 0 aromatic heterocycles. The second-order valence-electron chi connectivity index (χ2n) is 8.48. The number of hydrogen-bond acceptors (Lipinski definition) is 4. The predicted octanol–water partition coefficient (Wildman–Crippen LogP) is 5.43. The van der Waals surface area contributed by atoms with Crippen LogP contribution in [-0.2, 0) is 19.1 Å². The highest BCUT2D eigenvalue weighted by atomic mass is 16.5. The fraction of sp³-hybridized carbons (Fsp3) is 0.667. The molecule has 4 atom stereocenters. The molecule has 0 aliphatic carbocycles. The van der Waals surface area contributed by atoms with Crippen molar-refractivity contribution in [1.82, 2.24) is 0 Å². The van der Waals surface area contributed by atoms with Crippen LogP contribution in [-0.4, -0.2) is 31.1 Å². The third kappa shape index (κ3) is 7.05. The van der Waals surface area contributed by atoms with Crippen molar-refractivity contribution in [3.63, 3.8) is 0 Å². The van der Waals surface area contributed by atoms with E-state index in [4.69, 9.17) is 9.47 Å². The van der Waals surface area contributed by atoms with E-state index in [1.54, 1.807) is 13.2 Å². The van der Waals surface area contributed by atoms with E-state index < -0.39 is 11.4 Å². The molecule has 0 radical (unpaired) electrons. The standard InChI is InChI=1S/C24H38O4/c1-8-17(2)20-14-12-10-9-11-13-18(3)22(27-7)19(4)23(26)24(5,6)16-15-21(25)28-20/h8,10,12,15-16,18-20,22H,9,11,13-14H2,1-7H3/b12-10+,16-15+,17-8+. The zero-order valence-electron chi connectivity index (χ0n) is 18.7. The van der Waals surface area contributed by atoms with Crippen LogP contribution in [0.1, 0.15) is 67.2 Å². The highest BCUT2D eigenvalue weighted by Gasteiger charge is 2.36. The molecule has 0 bridgehead atoms. The van der Waals surface area contributed by atoms with Gasteiger partial charge in [-0.3, -0.25) is 4.79 Å². The van der Waals surface area contributed by atoms with Crippen molar-refractivity contribution in [1.29, 1.82) is 0 Å². The van der Waals surface area contributed by atoms with Gasteiger partial charge in [0.2, 0.25) is 0 Å². The van der Waals surface area contributed by atoms with Gasteiger partial charge < -0.3 is 9.47 Å². The number of ketones is 1. The highest BCUT2D eigenvalue weighted by Crippen LogP contribution is 2.30. The minimum Gasteiger partial charge on any atom is -0.454 e. The van der Waals surface area contributed by atoms with Gasteiger partial charge in [0.15, 0.2) is 0 Å². The molecule has 0 saturated heterocycles. The molecular weight excluding hydrogens is 352 g/mol. The molecule has 158 valence electrons. The van der Waals surface area contributed by atoms with Crippen LogP contribution in [0.15, 0.2) is 36.0 Å². The molecule has 0 aromatic carbocycles. The average molecular weight is 391 g/mol. The molecule has 4 heteroatoms. The Hall–Kier alpha value is -1.68. The molecule has 1 heterocycles. The molecule has 4 unspecified atom stereocenters. The Labute approximate surface area is 171 Å². The Balaban J connectivity index is 3.14. The zero-order valence-corrected chi connectivity index (χ0v) is 18.7. The van der Waals surface area contributed by atoms with Crippen LogP contribution in [0, 0.1) is 17.3 Å². The molecule has 0 aromatic rings. The van der Waals surface area contributed by atoms with Crippen molar-refractivity contribution in [2.45, 2.75) is 79.4 Å². The molecule has 1 aliphatic rings. The summed E-state index contributed by atoms with van der Waals surface area (Å²) in [6.45, 7) is 11.7. The second-order valence-corrected chi connectivity index (χ2v) is 8.48. The first-order chi connectivity index (χ1) is 13.1. The lowest BCUT2D eigenvalue weighted by atomic mass is 9.76. The number of ether oxygens (including phenoxy) is 2. The summed E-state index contributed by atoms with van der Waals surface area (Å²) in [4.78, 5) is 25.5. The molecule has 0 N–H and O–H groups in total. The first kappa shape index (κ1) is 24.4. The molecule has 0 amide bonds. The summed E-state index contributed by atoms with van der Waals surface area (Å²) in [5.74, 6) is -0.314. The van der Waals surface area contributed by atoms with Gasteiger partial charge in [-0.25, -0.2) is 4.79 Å². The lowest BCUT2D eigenvalue weighted by Gasteiger charge is -2.32. The Morgan fingerprint density at radius 2 is 1.93 bits per heavy atom. The molecule has 28 heavy (non-hydrogen) atoms. The third-order valence-corrected chi connectivity index (χ3v) is 5.78. The summed E-state index contributed by atoms with van der Waals surface area (Å²) < 4.78 is 11.3. The lowest BCUT2D eigenvalue weighted by molar-refractivity contribution is -0.141. The van der Waals surface area contributed by atoms with E-state index in [2.05, 4.69) is 19.1 Å². The van der Waals surface area contributed by atoms with E-state index in [-0.39, 0.29) is 29.8 Å². The monoisotopic (exact) mass is 390 g/mol. The molecule has 4 nitrogen and oxygen atoms in total. The summed E-state index contributed by atoms with van der Waals surface area (Å²) in [6, 6.07) is 0. The summed E-state index contributed by atoms with van der Waals surface area (Å²) in [7, 11) is 1.67. The molecular formula is C24H38O4. The highest BCUT2D eigenvalue weighted by molar-refractivity contribution is 5.90. The largest absolute Gasteiger partial charge is 0.454 e. The first-order valence-corrected chi connectivity index (χ1v) is 10.4. The lowest BCUT2D eigenvalue weighted by Crippen LogP contribution is -2.39. The SMILES string of the molecule is C/C=C(\C)C1C/C=C/CCCC(C)C(OC)C(C)C(=O)C(C)(C)/C=C/C(=O)O1. The minimum atomic E-state index is -0.767. The molecule has 0 saturated carbocycles. The van der Waals surface area contributed by atoms with Gasteiger partial charge in [-0.2, -0.15) is 0 Å². The van der Waals surface area contributed by atoms with E-state index in [0.29, 0.717) is 6.42 Å². The van der Waals surface area contributed by atoms with E-state index in [1.807, 2.05) is 40.7 Å². The summed E-state index contributed by atoms with van der Waals surface area (Å²) in [5.41, 5.74) is 0.255. The van der Waals surface area contributed by atoms with Gasteiger partial charge in [0.25, 0.3) is 0 Å². The van der Waals surface area contributed by atoms with Crippen molar-refractivity contribution < 1.29 is 19.1 Å². The molecule has 1 aliphatic heterocycles. The van der Waals surface area contributed by atoms with Crippen LogP contribution in [0.25, 0.3) is 0 Å². The summed E-state index contributed by atoms with van der Waals surface area (Å²) in [5, 5.41) is 0. The number of Topliss-reactive ketones (excluding diaryl/α,β-unsaturated/α-hetero) is 1. The predicted molar refractivity (Wildman–Crippen MR) is 114 cm³/mol. The Morgan fingerprint density at radius 3 is 2.54 bits per heavy atom. The maximum Gasteiger partial charge on any atom is 0.331 e. The Morgan fingerprint density at radius 1 is 1.25 bits per heavy atom. The normalized spacial score (nSPS) is 33.2. The van der Waals surface area contributed by atoms with Crippen molar-refractivity contribution in [3.8, 4) is 0 Å². The Kier molecular flexibility index (Phi) is 9.88. The zero-order chi connectivity index (χ0) is 21.3. The molecule has 0 spiro atoms. The van der Waals surface area contributed by atoms with Crippen molar-refractivity contribution in [2.24, 2.45) is 17.3 Å². The number of allylic oxidation sites excluding steroid dienone is 3. The first-order valence-electron chi connectivity index (χ1n) is 10.4. The number of rotatable bonds is 2. The van der Waals surface area contributed by atoms with Crippen LogP contribution in [0.5, 0.6) is 0 Å². The second kappa shape index (κ2) is 11.4. The average Bonchev–Trinajstić information content (AvgIpc) is 2.66. The van der Waals surface area contributed by atoms with Gasteiger partial charge in [-0.15, -0.1) is 0 Å². The van der Waals surface area contributed by atoms with Crippen LogP contribution in [0.2, 0.25) is 0 Å². The number of cyclic esters (lactones) is 1. The van der Waals surface area contributed by atoms with Gasteiger partial charge in [-0.1, -0.05) is 38.2 Å². The van der Waals surface area contributed by atoms with Crippen LogP contribution < -0.4 is 0 Å². The van der Waals surface area contributed by atoms with E-state index in [9.17, 15) is 9.59 Å². The fourth-order valence-corrected chi connectivity index (χ4v) is 3.78. The van der Waals surface area contributed by atoms with E-state index >= 15 is 0 Å². The van der Waals surface area contributed by atoms with Crippen LogP contribution in [0.4, 0.5) is 0 Å². The summed E-state index contributed by atoms with van der Waals surface area (Å²) >= 11 is 0. The number of methoxy groups -OCH3 is 1. The molecule has 1 rings (SSSR count). The van der Waals surface area contributed by atoms with E-state index in [0.717, 1.165) is 24.8 Å². The Bertz CT molecular complexity index is 612. The summed E-state index contributed by atoms with van der Waals surface area (Å²) in [6.07, 6.45) is 12.5. The van der Waals surface area contributed by atoms with Gasteiger partial charge in [-0.05, 0) is 58.4 Å². The number of carbonyl (C=O) groups excluding carboxylic acids is 2. The minimum absolute atomic E-state index is 0.0726. The number of esters is 1. The van der Waals surface area contributed by atoms with Crippen molar-refractivity contribution in [2.75, 3.05) is 7.11 Å². The van der Waals surface area contributed by atoms with Crippen molar-refractivity contribution in [3.05, 3.63) is 36.0 Å². The number of carbonyl (C=O) groups is 2. The topological polar surface area (TPSA) is 52.6 Å². The maximum atomic E-state index is 13.1. The quantitative estimate of drug-likeness (QED) is 0.466. The van der Waals surface area contributed by atoms with Gasteiger partial charge in [0, 0.05) is 30.9 Å². The molecule has 0 fully saturated rings. The van der Waals surface area contributed by atoms with Gasteiger partial charge in [0.05, 0.1) is 6.10 Å². The third-order valence-electron chi connectivity index (χ3n) is 5.78. The van der Waals surface area contributed by atoms with Crippen LogP contribution in [0.3, 0.4) is 0 Å². The fourth-order valence-electron chi connectivity index (χ4n) is 3.78. The van der Waals surface area contributed by atoms with Gasteiger partial charge in [0.1, 0.15) is 11.9 Å². The van der Waals surface area contributed by atoms with Gasteiger partial charge >= 0.3 is 5.97 Å². The smallest absolute Gasteiger partial charge is 0.331 e.